The van der Waals surface area contributed by atoms with Crippen molar-refractivity contribution in [2.75, 3.05) is 0 Å². The van der Waals surface area contributed by atoms with Crippen LogP contribution in [-0.2, 0) is 27.1 Å². The summed E-state index contributed by atoms with van der Waals surface area (Å²) in [5.74, 6) is 5.95. The van der Waals surface area contributed by atoms with Crippen LogP contribution < -0.4 is 0 Å². The highest BCUT2D eigenvalue weighted by Gasteiger charge is 2.53. The Hall–Kier alpha value is -7.54. The van der Waals surface area contributed by atoms with Crippen LogP contribution in [0.3, 0.4) is 0 Å². The first kappa shape index (κ1) is 96.6. The summed E-state index contributed by atoms with van der Waals surface area (Å²) in [5.41, 5.74) is 38.7. The number of hydrogen-bond acceptors (Lipinski definition) is 5. The summed E-state index contributed by atoms with van der Waals surface area (Å²) < 4.78 is 9.95. The fraction of sp³-hybridized carbons (Fsp3) is 0.524. The molecule has 0 spiro atoms. The van der Waals surface area contributed by atoms with Crippen molar-refractivity contribution in [1.82, 2.24) is 8.75 Å². The van der Waals surface area contributed by atoms with Crippen LogP contribution in [0.25, 0.3) is 110 Å². The minimum Gasteiger partial charge on any atom is -0.172 e. The van der Waals surface area contributed by atoms with Crippen molar-refractivity contribution in [2.24, 2.45) is 59.2 Å². The minimum atomic E-state index is -0.177. The van der Waals surface area contributed by atoms with E-state index in [0.29, 0.717) is 59.2 Å². The predicted molar refractivity (Wildman–Crippen MR) is 576 cm³/mol. The van der Waals surface area contributed by atoms with Gasteiger partial charge in [0.1, 0.15) is 11.0 Å². The molecular weight excluding hydrogens is 1640 g/mol. The van der Waals surface area contributed by atoms with Gasteiger partial charge in [-0.05, 0) is 331 Å². The van der Waals surface area contributed by atoms with Gasteiger partial charge in [-0.2, -0.15) is 8.75 Å². The molecule has 3 heterocycles. The summed E-state index contributed by atoms with van der Waals surface area (Å²) in [4.78, 5) is 5.14. The van der Waals surface area contributed by atoms with Crippen LogP contribution in [0.5, 0.6) is 0 Å². The van der Waals surface area contributed by atoms with E-state index in [9.17, 15) is 0 Å². The number of aryl methyl sites for hydroxylation is 1. The van der Waals surface area contributed by atoms with E-state index in [0.717, 1.165) is 43.1 Å². The van der Waals surface area contributed by atoms with Crippen LogP contribution in [0.2, 0.25) is 0 Å². The van der Waals surface area contributed by atoms with E-state index >= 15 is 0 Å². The molecule has 0 bridgehead atoms. The average Bonchev–Trinajstić information content (AvgIpc) is 1.54. The molecule has 16 rings (SSSR count). The second-order valence-corrected chi connectivity index (χ2v) is 46.7. The Balaban J connectivity index is 0.825. The van der Waals surface area contributed by atoms with Gasteiger partial charge in [0.15, 0.2) is 0 Å². The smallest absolute Gasteiger partial charge is 0.114 e. The molecular formula is C126H162N2S3. The molecule has 694 valence electrons. The number of allylic oxidation sites excluding steroid dienone is 3. The Kier molecular flexibility index (Phi) is 30.4. The van der Waals surface area contributed by atoms with Gasteiger partial charge in [-0.1, -0.05) is 370 Å². The van der Waals surface area contributed by atoms with E-state index in [1.807, 2.05) is 22.7 Å². The molecule has 0 radical (unpaired) electrons. The highest BCUT2D eigenvalue weighted by molar-refractivity contribution is 7.19. The summed E-state index contributed by atoms with van der Waals surface area (Å²) in [6, 6.07) is 69.0. The summed E-state index contributed by atoms with van der Waals surface area (Å²) in [6.45, 7) is 52.2. The fourth-order valence-electron chi connectivity index (χ4n) is 26.7. The maximum Gasteiger partial charge on any atom is 0.114 e. The predicted octanol–water partition coefficient (Wildman–Crippen LogP) is 39.5. The van der Waals surface area contributed by atoms with Gasteiger partial charge in [0.25, 0.3) is 0 Å². The zero-order valence-corrected chi connectivity index (χ0v) is 87.3. The first-order valence-corrected chi connectivity index (χ1v) is 55.7. The molecule has 5 aliphatic rings. The maximum absolute atomic E-state index is 5.00. The quantitative estimate of drug-likeness (QED) is 0.0380. The van der Waals surface area contributed by atoms with Crippen LogP contribution in [0.4, 0.5) is 0 Å². The fourth-order valence-corrected chi connectivity index (χ4v) is 29.2. The number of unbranched alkanes of at least 4 members (excludes halogenated alkanes) is 2. The number of rotatable bonds is 45. The van der Waals surface area contributed by atoms with Crippen molar-refractivity contribution in [3.8, 4) is 87.0 Å². The Morgan fingerprint density at radius 1 is 0.305 bits per heavy atom. The molecule has 5 aliphatic carbocycles. The van der Waals surface area contributed by atoms with Crippen molar-refractivity contribution >= 4 is 57.1 Å². The first-order chi connectivity index (χ1) is 63.4. The Bertz CT molecular complexity index is 5830. The lowest BCUT2D eigenvalue weighted by molar-refractivity contribution is 0.257. The minimum absolute atomic E-state index is 0.0305. The normalized spacial score (nSPS) is 21.4. The second-order valence-electron chi connectivity index (χ2n) is 43.8. The largest absolute Gasteiger partial charge is 0.172 e. The monoisotopic (exact) mass is 1800 g/mol. The van der Waals surface area contributed by atoms with Crippen molar-refractivity contribution in [2.45, 2.75) is 365 Å². The van der Waals surface area contributed by atoms with Crippen molar-refractivity contribution in [3.05, 3.63) is 236 Å². The number of thiophene rings is 2. The molecule has 11 aromatic rings. The van der Waals surface area contributed by atoms with Gasteiger partial charge in [-0.25, -0.2) is 0 Å². The third-order valence-corrected chi connectivity index (χ3v) is 37.8. The van der Waals surface area contributed by atoms with E-state index in [-0.39, 0.29) is 27.1 Å². The molecule has 8 aromatic carbocycles. The summed E-state index contributed by atoms with van der Waals surface area (Å²) in [7, 11) is 0. The molecule has 0 N–H and O–H groups in total. The van der Waals surface area contributed by atoms with Crippen molar-refractivity contribution in [3.63, 3.8) is 0 Å². The lowest BCUT2D eigenvalue weighted by Crippen LogP contribution is -2.31. The molecule has 0 amide bonds. The molecule has 0 saturated carbocycles. The van der Waals surface area contributed by atoms with Gasteiger partial charge in [0, 0.05) is 57.7 Å². The lowest BCUT2D eigenvalue weighted by Gasteiger charge is -2.39. The molecule has 10 atom stereocenters. The Morgan fingerprint density at radius 2 is 0.702 bits per heavy atom. The number of nitrogens with zero attached hydrogens (tertiary/aromatic N) is 2. The number of benzene rings is 8. The van der Waals surface area contributed by atoms with Crippen LogP contribution in [-0.4, -0.2) is 8.75 Å². The zero-order chi connectivity index (χ0) is 92.4. The van der Waals surface area contributed by atoms with Gasteiger partial charge in [-0.15, -0.1) is 22.7 Å². The molecule has 3 aromatic heterocycles. The van der Waals surface area contributed by atoms with E-state index in [4.69, 9.17) is 8.75 Å². The standard InChI is InChI=1S/C126H162N2S3/c1-22-36-41-90(34-13)78-126(79-91(35-14)42-37-23-2)114-66-95(50-54-103(114)104-55-51-97(67-115(104)126)117-59-60-119(130-117)106-57-56-105(118-58-45-87(21)129-118)120-121(106)128-131-127-120)94-49-53-102-101-52-48-93(64-112(101)125(113(102)65-94,75-86(20)40-24-3)77-89(32-11)33-12)92-46-47-96-61-99(123(110(96)63-92,71-82(16)26-5)72-83(17)27-6)62-98-80-122(70-81(15)25-4,76-88(30-9)31-10)111-69-108-100-43-38-39-44-109(100)124(73-84(18)28-7,74-85(19)29-8)116(108)68-107(98)111/h38-39,43-69,81-86,88-91H,22-37,40-42,70-80H2,1-21H3. The lowest BCUT2D eigenvalue weighted by atomic mass is 9.64. The molecule has 0 saturated heterocycles. The number of fused-ring (bicyclic) bond motifs is 12. The van der Waals surface area contributed by atoms with Crippen molar-refractivity contribution < 1.29 is 0 Å². The molecule has 2 nitrogen and oxygen atoms in total. The summed E-state index contributed by atoms with van der Waals surface area (Å²) >= 11 is 5.10. The SMILES string of the molecule is CCCCC(CC)CC1(CC(CC)CCCC)c2cc(-c3ccc4c(c3)C(CC(C)CCC)(CC(CC)CC)c3cc(-c5ccc6c(c5)C(CC(C)CC)(CC(C)CC)C(C=C5CC(CC(C)CC)(CC(CC)CC)c7cc8c(cc75)C(CC(C)CC)(CC(C)CC)c5ccccc5-8)=C6)ccc3-4)ccc2-c2ccc(-c3ccc(-c4ccc(-c5ccc(C)s5)c5nsnc45)s3)cc21. The van der Waals surface area contributed by atoms with Crippen LogP contribution in [0, 0.1) is 66.1 Å². The van der Waals surface area contributed by atoms with Gasteiger partial charge in [-0.3, -0.25) is 0 Å². The van der Waals surface area contributed by atoms with Crippen LogP contribution in [0.15, 0.2) is 175 Å². The zero-order valence-electron chi connectivity index (χ0n) is 84.8. The second kappa shape index (κ2) is 41.2. The third kappa shape index (κ3) is 18.3. The van der Waals surface area contributed by atoms with E-state index in [1.165, 1.54) is 264 Å². The Labute approximate surface area is 806 Å². The van der Waals surface area contributed by atoms with Gasteiger partial charge in [0.05, 0.1) is 11.7 Å². The molecule has 131 heavy (non-hydrogen) atoms. The Morgan fingerprint density at radius 3 is 1.20 bits per heavy atom. The van der Waals surface area contributed by atoms with Crippen LogP contribution >= 0.6 is 34.4 Å². The van der Waals surface area contributed by atoms with E-state index < -0.39 is 0 Å². The summed E-state index contributed by atoms with van der Waals surface area (Å²) in [5, 5.41) is 0. The maximum atomic E-state index is 5.00. The first-order valence-electron chi connectivity index (χ1n) is 53.3. The van der Waals surface area contributed by atoms with E-state index in [1.54, 1.807) is 66.8 Å². The van der Waals surface area contributed by atoms with Gasteiger partial charge in [0.2, 0.25) is 0 Å². The van der Waals surface area contributed by atoms with Crippen molar-refractivity contribution in [1.29, 1.82) is 0 Å². The van der Waals surface area contributed by atoms with Gasteiger partial charge < -0.3 is 0 Å². The highest BCUT2D eigenvalue weighted by atomic mass is 32.1. The molecule has 0 aliphatic heterocycles. The molecule has 10 unspecified atom stereocenters. The van der Waals surface area contributed by atoms with Crippen LogP contribution in [0.1, 0.15) is 392 Å². The van der Waals surface area contributed by atoms with Gasteiger partial charge >= 0.3 is 0 Å². The third-order valence-electron chi connectivity index (χ3n) is 35.1. The van der Waals surface area contributed by atoms with E-state index in [2.05, 4.69) is 321 Å². The average molecular weight is 1800 g/mol. The number of aromatic nitrogens is 2. The highest BCUT2D eigenvalue weighted by Crippen LogP contribution is 2.66. The topological polar surface area (TPSA) is 25.8 Å². The molecule has 5 heteroatoms. The number of hydrogen-bond donors (Lipinski definition) is 0. The molecule has 0 fully saturated rings. The summed E-state index contributed by atoms with van der Waals surface area (Å²) in [6.07, 6.45) is 41.8.